The third-order valence-electron chi connectivity index (χ3n) is 5.36. The van der Waals surface area contributed by atoms with E-state index in [1.54, 1.807) is 0 Å². The van der Waals surface area contributed by atoms with Crippen LogP contribution in [0.25, 0.3) is 0 Å². The van der Waals surface area contributed by atoms with Gasteiger partial charge in [-0.3, -0.25) is 9.69 Å². The SMILES string of the molecule is O=C(c1ccc(OCc2ccccc2Cl)cc1)N1CCN(Cc2ccccc2)CC1. The molecule has 4 rings (SSSR count). The van der Waals surface area contributed by atoms with Gasteiger partial charge in [0.15, 0.2) is 0 Å². The number of nitrogens with zero attached hydrogens (tertiary/aromatic N) is 2. The van der Waals surface area contributed by atoms with E-state index in [0.717, 1.165) is 44.0 Å². The Bertz CT molecular complexity index is 968. The summed E-state index contributed by atoms with van der Waals surface area (Å²) in [5, 5.41) is 0.690. The molecule has 1 heterocycles. The smallest absolute Gasteiger partial charge is 0.253 e. The summed E-state index contributed by atoms with van der Waals surface area (Å²) in [5.41, 5.74) is 2.94. The molecule has 0 spiro atoms. The number of ether oxygens (including phenoxy) is 1. The van der Waals surface area contributed by atoms with Crippen LogP contribution >= 0.6 is 11.6 Å². The number of benzene rings is 3. The Kier molecular flexibility index (Phi) is 6.67. The third-order valence-corrected chi connectivity index (χ3v) is 5.73. The van der Waals surface area contributed by atoms with Gasteiger partial charge in [-0.05, 0) is 35.9 Å². The minimum atomic E-state index is 0.0759. The average Bonchev–Trinajstić information content (AvgIpc) is 2.80. The highest BCUT2D eigenvalue weighted by atomic mass is 35.5. The lowest BCUT2D eigenvalue weighted by Gasteiger charge is -2.34. The summed E-state index contributed by atoms with van der Waals surface area (Å²) in [6.07, 6.45) is 0. The van der Waals surface area contributed by atoms with E-state index in [1.807, 2.05) is 59.5 Å². The molecule has 1 aliphatic rings. The van der Waals surface area contributed by atoms with E-state index < -0.39 is 0 Å². The van der Waals surface area contributed by atoms with E-state index in [-0.39, 0.29) is 5.91 Å². The van der Waals surface area contributed by atoms with Gasteiger partial charge in [0.05, 0.1) is 0 Å². The van der Waals surface area contributed by atoms with E-state index in [4.69, 9.17) is 16.3 Å². The topological polar surface area (TPSA) is 32.8 Å². The Morgan fingerprint density at radius 2 is 1.50 bits per heavy atom. The standard InChI is InChI=1S/C25H25ClN2O2/c26-24-9-5-4-8-22(24)19-30-23-12-10-21(11-13-23)25(29)28-16-14-27(15-17-28)18-20-6-2-1-3-7-20/h1-13H,14-19H2. The van der Waals surface area contributed by atoms with E-state index >= 15 is 0 Å². The summed E-state index contributed by atoms with van der Waals surface area (Å²) in [6, 6.07) is 25.4. The Labute approximate surface area is 182 Å². The van der Waals surface area contributed by atoms with Crippen molar-refractivity contribution in [2.45, 2.75) is 13.2 Å². The van der Waals surface area contributed by atoms with Gasteiger partial charge in [-0.15, -0.1) is 0 Å². The van der Waals surface area contributed by atoms with Gasteiger partial charge in [-0.25, -0.2) is 0 Å². The van der Waals surface area contributed by atoms with Crippen molar-refractivity contribution >= 4 is 17.5 Å². The molecular weight excluding hydrogens is 396 g/mol. The first-order valence-corrected chi connectivity index (χ1v) is 10.6. The van der Waals surface area contributed by atoms with Gasteiger partial charge in [0.1, 0.15) is 12.4 Å². The fourth-order valence-electron chi connectivity index (χ4n) is 3.60. The molecule has 0 unspecified atom stereocenters. The van der Waals surface area contributed by atoms with Gasteiger partial charge in [-0.1, -0.05) is 60.1 Å². The van der Waals surface area contributed by atoms with Crippen LogP contribution in [-0.2, 0) is 13.2 Å². The molecule has 0 bridgehead atoms. The zero-order valence-electron chi connectivity index (χ0n) is 16.8. The molecule has 1 aliphatic heterocycles. The Balaban J connectivity index is 1.28. The van der Waals surface area contributed by atoms with E-state index in [1.165, 1.54) is 5.56 Å². The minimum Gasteiger partial charge on any atom is -0.489 e. The maximum atomic E-state index is 12.8. The molecule has 1 amide bonds. The number of carbonyl (C=O) groups is 1. The lowest BCUT2D eigenvalue weighted by Crippen LogP contribution is -2.48. The number of amides is 1. The van der Waals surface area contributed by atoms with Crippen molar-refractivity contribution in [1.82, 2.24) is 9.80 Å². The summed E-state index contributed by atoms with van der Waals surface area (Å²) < 4.78 is 5.81. The second-order valence-corrected chi connectivity index (χ2v) is 7.87. The van der Waals surface area contributed by atoms with Crippen molar-refractivity contribution in [3.63, 3.8) is 0 Å². The predicted octanol–water partition coefficient (Wildman–Crippen LogP) is 4.88. The van der Waals surface area contributed by atoms with E-state index in [0.29, 0.717) is 17.2 Å². The molecular formula is C25H25ClN2O2. The normalized spacial score (nSPS) is 14.5. The van der Waals surface area contributed by atoms with Crippen LogP contribution in [0, 0.1) is 0 Å². The molecule has 1 fully saturated rings. The highest BCUT2D eigenvalue weighted by molar-refractivity contribution is 6.31. The molecule has 154 valence electrons. The number of piperazine rings is 1. The predicted molar refractivity (Wildman–Crippen MR) is 120 cm³/mol. The van der Waals surface area contributed by atoms with Crippen molar-refractivity contribution in [3.05, 3.63) is 101 Å². The van der Waals surface area contributed by atoms with Crippen LogP contribution in [0.15, 0.2) is 78.9 Å². The monoisotopic (exact) mass is 420 g/mol. The molecule has 3 aromatic rings. The zero-order valence-corrected chi connectivity index (χ0v) is 17.6. The lowest BCUT2D eigenvalue weighted by molar-refractivity contribution is 0.0628. The van der Waals surface area contributed by atoms with Crippen molar-refractivity contribution in [3.8, 4) is 5.75 Å². The highest BCUT2D eigenvalue weighted by Gasteiger charge is 2.22. The molecule has 0 aromatic heterocycles. The first-order valence-electron chi connectivity index (χ1n) is 10.2. The van der Waals surface area contributed by atoms with Gasteiger partial charge in [0.25, 0.3) is 5.91 Å². The third kappa shape index (κ3) is 5.21. The number of carbonyl (C=O) groups excluding carboxylic acids is 1. The molecule has 0 atom stereocenters. The highest BCUT2D eigenvalue weighted by Crippen LogP contribution is 2.20. The molecule has 5 heteroatoms. The quantitative estimate of drug-likeness (QED) is 0.570. The zero-order chi connectivity index (χ0) is 20.8. The number of rotatable bonds is 6. The second-order valence-electron chi connectivity index (χ2n) is 7.46. The minimum absolute atomic E-state index is 0.0759. The number of hydrogen-bond acceptors (Lipinski definition) is 3. The fraction of sp³-hybridized carbons (Fsp3) is 0.240. The van der Waals surface area contributed by atoms with Crippen molar-refractivity contribution in [2.24, 2.45) is 0 Å². The Hall–Kier alpha value is -2.82. The summed E-state index contributed by atoms with van der Waals surface area (Å²) in [6.45, 7) is 4.60. The van der Waals surface area contributed by atoms with Crippen LogP contribution in [0.1, 0.15) is 21.5 Å². The number of halogens is 1. The van der Waals surface area contributed by atoms with Gasteiger partial charge in [0, 0.05) is 48.9 Å². The van der Waals surface area contributed by atoms with Crippen LogP contribution in [0.2, 0.25) is 5.02 Å². The molecule has 1 saturated heterocycles. The van der Waals surface area contributed by atoms with Gasteiger partial charge in [0.2, 0.25) is 0 Å². The summed E-state index contributed by atoms with van der Waals surface area (Å²) in [4.78, 5) is 17.2. The Morgan fingerprint density at radius 1 is 0.833 bits per heavy atom. The molecule has 30 heavy (non-hydrogen) atoms. The first-order chi connectivity index (χ1) is 14.7. The van der Waals surface area contributed by atoms with Crippen LogP contribution in [0.5, 0.6) is 5.75 Å². The van der Waals surface area contributed by atoms with Crippen LogP contribution < -0.4 is 4.74 Å². The molecule has 0 aliphatic carbocycles. The largest absolute Gasteiger partial charge is 0.489 e. The first kappa shape index (κ1) is 20.5. The maximum Gasteiger partial charge on any atom is 0.253 e. The second kappa shape index (κ2) is 9.79. The number of hydrogen-bond donors (Lipinski definition) is 0. The van der Waals surface area contributed by atoms with Gasteiger partial charge >= 0.3 is 0 Å². The van der Waals surface area contributed by atoms with Crippen molar-refractivity contribution < 1.29 is 9.53 Å². The van der Waals surface area contributed by atoms with E-state index in [9.17, 15) is 4.79 Å². The Morgan fingerprint density at radius 3 is 2.20 bits per heavy atom. The molecule has 0 N–H and O–H groups in total. The maximum absolute atomic E-state index is 12.8. The van der Waals surface area contributed by atoms with Crippen molar-refractivity contribution in [1.29, 1.82) is 0 Å². The summed E-state index contributed by atoms with van der Waals surface area (Å²) >= 11 is 6.17. The average molecular weight is 421 g/mol. The molecule has 4 nitrogen and oxygen atoms in total. The van der Waals surface area contributed by atoms with Crippen molar-refractivity contribution in [2.75, 3.05) is 26.2 Å². The molecule has 0 radical (unpaired) electrons. The van der Waals surface area contributed by atoms with Gasteiger partial charge in [-0.2, -0.15) is 0 Å². The summed E-state index contributed by atoms with van der Waals surface area (Å²) in [7, 11) is 0. The van der Waals surface area contributed by atoms with Crippen LogP contribution in [-0.4, -0.2) is 41.9 Å². The molecule has 0 saturated carbocycles. The fourth-order valence-corrected chi connectivity index (χ4v) is 3.79. The molecule has 3 aromatic carbocycles. The van der Waals surface area contributed by atoms with Crippen LogP contribution in [0.4, 0.5) is 0 Å². The van der Waals surface area contributed by atoms with Crippen LogP contribution in [0.3, 0.4) is 0 Å². The summed E-state index contributed by atoms with van der Waals surface area (Å²) in [5.74, 6) is 0.797. The van der Waals surface area contributed by atoms with Gasteiger partial charge < -0.3 is 9.64 Å². The van der Waals surface area contributed by atoms with E-state index in [2.05, 4.69) is 29.2 Å². The lowest BCUT2D eigenvalue weighted by atomic mass is 10.1.